The molecule has 1 unspecified atom stereocenters. The summed E-state index contributed by atoms with van der Waals surface area (Å²) in [5, 5.41) is 9.05. The van der Waals surface area contributed by atoms with Gasteiger partial charge in [0.25, 0.3) is 0 Å². The molecule has 0 fully saturated rings. The van der Waals surface area contributed by atoms with Gasteiger partial charge in [-0.3, -0.25) is 4.79 Å². The van der Waals surface area contributed by atoms with Crippen molar-refractivity contribution in [3.05, 3.63) is 0 Å². The van der Waals surface area contributed by atoms with Crippen LogP contribution in [0.15, 0.2) is 0 Å². The lowest BCUT2D eigenvalue weighted by Crippen LogP contribution is -2.31. The van der Waals surface area contributed by atoms with Gasteiger partial charge in [-0.1, -0.05) is 0 Å². The monoisotopic (exact) mass is 202 g/mol. The molecule has 0 aliphatic heterocycles. The number of nitrogens with zero attached hydrogens (tertiary/aromatic N) is 2. The standard InChI is InChI=1S/C10H22N2O2/c1-9(13)5-8-12(4)10(14)6-7-11(2)3/h9,13H,5-8H2,1-4H3. The van der Waals surface area contributed by atoms with E-state index in [1.165, 1.54) is 0 Å². The molecule has 0 bridgehead atoms. The minimum absolute atomic E-state index is 0.138. The number of aliphatic hydroxyl groups excluding tert-OH is 1. The Kier molecular flexibility index (Phi) is 6.49. The van der Waals surface area contributed by atoms with Crippen molar-refractivity contribution >= 4 is 5.91 Å². The van der Waals surface area contributed by atoms with E-state index in [1.54, 1.807) is 18.9 Å². The summed E-state index contributed by atoms with van der Waals surface area (Å²) in [5.74, 6) is 0.138. The van der Waals surface area contributed by atoms with Crippen LogP contribution in [-0.2, 0) is 4.79 Å². The van der Waals surface area contributed by atoms with Crippen LogP contribution in [0, 0.1) is 0 Å². The molecule has 0 aliphatic carbocycles. The largest absolute Gasteiger partial charge is 0.393 e. The van der Waals surface area contributed by atoms with Gasteiger partial charge in [-0.15, -0.1) is 0 Å². The Labute approximate surface area is 86.5 Å². The van der Waals surface area contributed by atoms with Crippen LogP contribution in [0.1, 0.15) is 19.8 Å². The van der Waals surface area contributed by atoms with Crippen molar-refractivity contribution in [2.45, 2.75) is 25.9 Å². The van der Waals surface area contributed by atoms with Gasteiger partial charge in [0.2, 0.25) is 5.91 Å². The molecule has 0 aromatic rings. The third-order valence-electron chi connectivity index (χ3n) is 2.08. The molecule has 4 heteroatoms. The maximum Gasteiger partial charge on any atom is 0.223 e. The molecular weight excluding hydrogens is 180 g/mol. The maximum atomic E-state index is 11.5. The molecule has 14 heavy (non-hydrogen) atoms. The van der Waals surface area contributed by atoms with E-state index in [9.17, 15) is 4.79 Å². The Morgan fingerprint density at radius 3 is 2.29 bits per heavy atom. The summed E-state index contributed by atoms with van der Waals surface area (Å²) in [6.45, 7) is 3.14. The predicted molar refractivity (Wildman–Crippen MR) is 57.1 cm³/mol. The first-order valence-corrected chi connectivity index (χ1v) is 5.00. The van der Waals surface area contributed by atoms with Crippen molar-refractivity contribution in [2.24, 2.45) is 0 Å². The summed E-state index contributed by atoms with van der Waals surface area (Å²) in [7, 11) is 5.67. The van der Waals surface area contributed by atoms with Gasteiger partial charge in [0.05, 0.1) is 6.10 Å². The number of amides is 1. The normalized spacial score (nSPS) is 13.0. The maximum absolute atomic E-state index is 11.5. The first kappa shape index (κ1) is 13.4. The fourth-order valence-electron chi connectivity index (χ4n) is 1.02. The molecule has 4 nitrogen and oxygen atoms in total. The van der Waals surface area contributed by atoms with Crippen LogP contribution in [0.3, 0.4) is 0 Å². The van der Waals surface area contributed by atoms with Crippen LogP contribution in [-0.4, -0.2) is 61.2 Å². The van der Waals surface area contributed by atoms with E-state index in [1.807, 2.05) is 19.0 Å². The minimum atomic E-state index is -0.334. The van der Waals surface area contributed by atoms with Crippen LogP contribution in [0.2, 0.25) is 0 Å². The number of aliphatic hydroxyl groups is 1. The molecular formula is C10H22N2O2. The Balaban J connectivity index is 3.65. The van der Waals surface area contributed by atoms with E-state index in [0.717, 1.165) is 6.54 Å². The number of carbonyl (C=O) groups is 1. The van der Waals surface area contributed by atoms with Crippen molar-refractivity contribution in [3.8, 4) is 0 Å². The third-order valence-corrected chi connectivity index (χ3v) is 2.08. The molecule has 1 N–H and O–H groups in total. The Morgan fingerprint density at radius 2 is 1.86 bits per heavy atom. The molecule has 1 amide bonds. The molecule has 1 atom stereocenters. The van der Waals surface area contributed by atoms with Gasteiger partial charge >= 0.3 is 0 Å². The molecule has 0 spiro atoms. The van der Waals surface area contributed by atoms with Crippen molar-refractivity contribution in [3.63, 3.8) is 0 Å². The van der Waals surface area contributed by atoms with Crippen molar-refractivity contribution in [1.29, 1.82) is 0 Å². The topological polar surface area (TPSA) is 43.8 Å². The number of rotatable bonds is 6. The van der Waals surface area contributed by atoms with Crippen LogP contribution >= 0.6 is 0 Å². The van der Waals surface area contributed by atoms with Gasteiger partial charge in [0, 0.05) is 26.6 Å². The average Bonchev–Trinajstić information content (AvgIpc) is 2.09. The van der Waals surface area contributed by atoms with Gasteiger partial charge in [-0.25, -0.2) is 0 Å². The van der Waals surface area contributed by atoms with Crippen LogP contribution in [0.25, 0.3) is 0 Å². The quantitative estimate of drug-likeness (QED) is 0.667. The van der Waals surface area contributed by atoms with Gasteiger partial charge in [-0.2, -0.15) is 0 Å². The van der Waals surface area contributed by atoms with E-state index in [4.69, 9.17) is 5.11 Å². The summed E-state index contributed by atoms with van der Waals surface area (Å²) in [6, 6.07) is 0. The molecule has 0 saturated heterocycles. The summed E-state index contributed by atoms with van der Waals surface area (Å²) < 4.78 is 0. The fraction of sp³-hybridized carbons (Fsp3) is 0.900. The second-order valence-electron chi connectivity index (χ2n) is 4.01. The van der Waals surface area contributed by atoms with Crippen LogP contribution in [0.4, 0.5) is 0 Å². The van der Waals surface area contributed by atoms with Gasteiger partial charge in [0.15, 0.2) is 0 Å². The van der Waals surface area contributed by atoms with Crippen LogP contribution in [0.5, 0.6) is 0 Å². The minimum Gasteiger partial charge on any atom is -0.393 e. The zero-order chi connectivity index (χ0) is 11.1. The molecule has 0 aromatic heterocycles. The van der Waals surface area contributed by atoms with Crippen molar-refractivity contribution in [1.82, 2.24) is 9.80 Å². The predicted octanol–water partition coefficient (Wildman–Crippen LogP) is 0.167. The van der Waals surface area contributed by atoms with Crippen molar-refractivity contribution < 1.29 is 9.90 Å². The lowest BCUT2D eigenvalue weighted by atomic mass is 10.2. The molecule has 0 radical (unpaired) electrons. The lowest BCUT2D eigenvalue weighted by Gasteiger charge is -2.19. The highest BCUT2D eigenvalue weighted by molar-refractivity contribution is 5.76. The molecule has 0 heterocycles. The Bertz CT molecular complexity index is 170. The van der Waals surface area contributed by atoms with Gasteiger partial charge in [-0.05, 0) is 27.4 Å². The zero-order valence-corrected chi connectivity index (χ0v) is 9.66. The molecule has 84 valence electrons. The SMILES string of the molecule is CC(O)CCN(C)C(=O)CCN(C)C. The third kappa shape index (κ3) is 6.86. The highest BCUT2D eigenvalue weighted by atomic mass is 16.3. The van der Waals surface area contributed by atoms with Crippen molar-refractivity contribution in [2.75, 3.05) is 34.2 Å². The smallest absolute Gasteiger partial charge is 0.223 e. The summed E-state index contributed by atoms with van der Waals surface area (Å²) in [6.07, 6.45) is 0.854. The second-order valence-corrected chi connectivity index (χ2v) is 4.01. The molecule has 0 rings (SSSR count). The second kappa shape index (κ2) is 6.79. The number of hydrogen-bond donors (Lipinski definition) is 1. The molecule has 0 aromatic carbocycles. The van der Waals surface area contributed by atoms with E-state index >= 15 is 0 Å². The summed E-state index contributed by atoms with van der Waals surface area (Å²) in [5.41, 5.74) is 0. The molecule has 0 saturated carbocycles. The first-order chi connectivity index (χ1) is 6.43. The highest BCUT2D eigenvalue weighted by Gasteiger charge is 2.09. The lowest BCUT2D eigenvalue weighted by molar-refractivity contribution is -0.130. The highest BCUT2D eigenvalue weighted by Crippen LogP contribution is 1.97. The van der Waals surface area contributed by atoms with Gasteiger partial charge in [0.1, 0.15) is 0 Å². The van der Waals surface area contributed by atoms with E-state index in [0.29, 0.717) is 19.4 Å². The van der Waals surface area contributed by atoms with Crippen LogP contribution < -0.4 is 0 Å². The van der Waals surface area contributed by atoms with E-state index in [-0.39, 0.29) is 12.0 Å². The number of carbonyl (C=O) groups excluding carboxylic acids is 1. The summed E-state index contributed by atoms with van der Waals surface area (Å²) in [4.78, 5) is 15.1. The zero-order valence-electron chi connectivity index (χ0n) is 9.66. The first-order valence-electron chi connectivity index (χ1n) is 5.00. The van der Waals surface area contributed by atoms with Gasteiger partial charge < -0.3 is 14.9 Å². The Hall–Kier alpha value is -0.610. The summed E-state index contributed by atoms with van der Waals surface area (Å²) >= 11 is 0. The van der Waals surface area contributed by atoms with E-state index < -0.39 is 0 Å². The fourth-order valence-corrected chi connectivity index (χ4v) is 1.02. The Morgan fingerprint density at radius 1 is 1.29 bits per heavy atom. The number of hydrogen-bond acceptors (Lipinski definition) is 3. The molecule has 0 aliphatic rings. The van der Waals surface area contributed by atoms with E-state index in [2.05, 4.69) is 0 Å². The average molecular weight is 202 g/mol.